The third-order valence-corrected chi connectivity index (χ3v) is 2.75. The van der Waals surface area contributed by atoms with Crippen LogP contribution in [0.3, 0.4) is 0 Å². The van der Waals surface area contributed by atoms with Gasteiger partial charge in [0.15, 0.2) is 5.11 Å². The second-order valence-electron chi connectivity index (χ2n) is 3.69. The van der Waals surface area contributed by atoms with Crippen LogP contribution in [0, 0.1) is 6.92 Å². The topological polar surface area (TPSA) is 33.3 Å². The van der Waals surface area contributed by atoms with Gasteiger partial charge in [0.2, 0.25) is 0 Å². The first-order valence-corrected chi connectivity index (χ1v) is 5.62. The molecular weight excluding hydrogens is 220 g/mol. The Bertz CT molecular complexity index is 379. The second kappa shape index (κ2) is 5.70. The number of rotatable bonds is 3. The van der Waals surface area contributed by atoms with E-state index in [4.69, 9.17) is 17.0 Å². The molecule has 0 aliphatic heterocycles. The van der Waals surface area contributed by atoms with E-state index >= 15 is 0 Å². The van der Waals surface area contributed by atoms with Gasteiger partial charge >= 0.3 is 0 Å². The summed E-state index contributed by atoms with van der Waals surface area (Å²) in [5, 5.41) is 6.72. The van der Waals surface area contributed by atoms with Crippen LogP contribution in [-0.2, 0) is 0 Å². The van der Waals surface area contributed by atoms with Gasteiger partial charge in [-0.25, -0.2) is 0 Å². The van der Waals surface area contributed by atoms with E-state index in [0.29, 0.717) is 5.11 Å². The number of methoxy groups -OCH3 is 1. The van der Waals surface area contributed by atoms with Crippen LogP contribution in [0.2, 0.25) is 0 Å². The van der Waals surface area contributed by atoms with Crippen molar-refractivity contribution in [3.8, 4) is 5.75 Å². The van der Waals surface area contributed by atoms with Crippen LogP contribution in [0.15, 0.2) is 18.2 Å². The quantitative estimate of drug-likeness (QED) is 0.791. The fourth-order valence-corrected chi connectivity index (χ4v) is 1.72. The molecule has 0 amide bonds. The second-order valence-corrected chi connectivity index (χ2v) is 4.10. The molecule has 0 spiro atoms. The van der Waals surface area contributed by atoms with Gasteiger partial charge in [-0.3, -0.25) is 0 Å². The normalized spacial score (nSPS) is 11.8. The Labute approximate surface area is 102 Å². The average molecular weight is 238 g/mol. The van der Waals surface area contributed by atoms with Gasteiger partial charge < -0.3 is 15.4 Å². The molecule has 88 valence electrons. The SMILES string of the molecule is CNC(=S)N[C@H](C)c1cc(C)ccc1OC. The number of ether oxygens (including phenoxy) is 1. The van der Waals surface area contributed by atoms with E-state index in [0.717, 1.165) is 11.3 Å². The predicted molar refractivity (Wildman–Crippen MR) is 70.9 cm³/mol. The zero-order valence-corrected chi connectivity index (χ0v) is 10.9. The average Bonchev–Trinajstić information content (AvgIpc) is 2.28. The molecule has 4 heteroatoms. The number of hydrogen-bond acceptors (Lipinski definition) is 2. The highest BCUT2D eigenvalue weighted by atomic mass is 32.1. The van der Waals surface area contributed by atoms with Crippen LogP contribution >= 0.6 is 12.2 Å². The lowest BCUT2D eigenvalue weighted by Crippen LogP contribution is -2.34. The first-order valence-electron chi connectivity index (χ1n) is 5.21. The monoisotopic (exact) mass is 238 g/mol. The van der Waals surface area contributed by atoms with Gasteiger partial charge in [-0.15, -0.1) is 0 Å². The molecule has 0 bridgehead atoms. The molecule has 0 aromatic heterocycles. The summed E-state index contributed by atoms with van der Waals surface area (Å²) in [7, 11) is 3.48. The van der Waals surface area contributed by atoms with E-state index < -0.39 is 0 Å². The Hall–Kier alpha value is -1.29. The van der Waals surface area contributed by atoms with Crippen molar-refractivity contribution in [3.05, 3.63) is 29.3 Å². The van der Waals surface area contributed by atoms with Crippen LogP contribution in [0.25, 0.3) is 0 Å². The van der Waals surface area contributed by atoms with Crippen molar-refractivity contribution in [2.45, 2.75) is 19.9 Å². The van der Waals surface area contributed by atoms with Gasteiger partial charge in [0.25, 0.3) is 0 Å². The molecular formula is C12H18N2OS. The summed E-state index contributed by atoms with van der Waals surface area (Å²) in [6, 6.07) is 6.24. The first kappa shape index (κ1) is 12.8. The molecule has 0 unspecified atom stereocenters. The van der Waals surface area contributed by atoms with Crippen molar-refractivity contribution in [3.63, 3.8) is 0 Å². The van der Waals surface area contributed by atoms with Crippen molar-refractivity contribution in [2.75, 3.05) is 14.2 Å². The summed E-state index contributed by atoms with van der Waals surface area (Å²) in [5.74, 6) is 0.879. The number of aryl methyl sites for hydroxylation is 1. The molecule has 0 fully saturated rings. The van der Waals surface area contributed by atoms with E-state index in [1.165, 1.54) is 5.56 Å². The standard InChI is InChI=1S/C12H18N2OS/c1-8-5-6-11(15-4)10(7-8)9(2)14-12(16)13-3/h5-7,9H,1-4H3,(H2,13,14,16)/t9-/m1/s1. The molecule has 2 N–H and O–H groups in total. The van der Waals surface area contributed by atoms with Gasteiger partial charge in [-0.2, -0.15) is 0 Å². The van der Waals surface area contributed by atoms with Gasteiger partial charge in [-0.05, 0) is 32.1 Å². The third-order valence-electron chi connectivity index (χ3n) is 2.43. The molecule has 0 heterocycles. The van der Waals surface area contributed by atoms with Crippen molar-refractivity contribution < 1.29 is 4.74 Å². The Morgan fingerprint density at radius 3 is 2.69 bits per heavy atom. The lowest BCUT2D eigenvalue weighted by molar-refractivity contribution is 0.405. The molecule has 0 aliphatic carbocycles. The molecule has 1 atom stereocenters. The molecule has 0 saturated carbocycles. The van der Waals surface area contributed by atoms with Gasteiger partial charge in [0, 0.05) is 12.6 Å². The summed E-state index contributed by atoms with van der Waals surface area (Å²) in [6.07, 6.45) is 0. The molecule has 0 radical (unpaired) electrons. The van der Waals surface area contributed by atoms with Crippen molar-refractivity contribution in [1.29, 1.82) is 0 Å². The van der Waals surface area contributed by atoms with E-state index in [2.05, 4.69) is 30.5 Å². The molecule has 1 aromatic carbocycles. The molecule has 0 aliphatic rings. The molecule has 0 saturated heterocycles. The van der Waals surface area contributed by atoms with E-state index in [1.807, 2.05) is 12.1 Å². The smallest absolute Gasteiger partial charge is 0.166 e. The first-order chi connectivity index (χ1) is 7.58. The summed E-state index contributed by atoms with van der Waals surface area (Å²) in [5.41, 5.74) is 2.32. The van der Waals surface area contributed by atoms with Gasteiger partial charge in [0.05, 0.1) is 13.2 Å². The van der Waals surface area contributed by atoms with Crippen LogP contribution in [0.4, 0.5) is 0 Å². The summed E-state index contributed by atoms with van der Waals surface area (Å²) >= 11 is 5.08. The van der Waals surface area contributed by atoms with Crippen LogP contribution in [0.1, 0.15) is 24.1 Å². The van der Waals surface area contributed by atoms with Gasteiger partial charge in [-0.1, -0.05) is 17.7 Å². The Kier molecular flexibility index (Phi) is 4.55. The maximum atomic E-state index is 5.33. The van der Waals surface area contributed by atoms with E-state index in [1.54, 1.807) is 14.2 Å². The summed E-state index contributed by atoms with van der Waals surface area (Å²) in [6.45, 7) is 4.12. The van der Waals surface area contributed by atoms with Crippen LogP contribution < -0.4 is 15.4 Å². The highest BCUT2D eigenvalue weighted by Crippen LogP contribution is 2.25. The summed E-state index contributed by atoms with van der Waals surface area (Å²) in [4.78, 5) is 0. The van der Waals surface area contributed by atoms with E-state index in [9.17, 15) is 0 Å². The highest BCUT2D eigenvalue weighted by molar-refractivity contribution is 7.80. The number of nitrogens with one attached hydrogen (secondary N) is 2. The maximum Gasteiger partial charge on any atom is 0.166 e. The van der Waals surface area contributed by atoms with Gasteiger partial charge in [0.1, 0.15) is 5.75 Å². The van der Waals surface area contributed by atoms with Crippen molar-refractivity contribution >= 4 is 17.3 Å². The summed E-state index contributed by atoms with van der Waals surface area (Å²) < 4.78 is 5.33. The fraction of sp³-hybridized carbons (Fsp3) is 0.417. The molecule has 16 heavy (non-hydrogen) atoms. The fourth-order valence-electron chi connectivity index (χ4n) is 1.54. The van der Waals surface area contributed by atoms with Crippen molar-refractivity contribution in [2.24, 2.45) is 0 Å². The lowest BCUT2D eigenvalue weighted by Gasteiger charge is -2.19. The Morgan fingerprint density at radius 2 is 2.12 bits per heavy atom. The predicted octanol–water partition coefficient (Wildman–Crippen LogP) is 2.16. The zero-order chi connectivity index (χ0) is 12.1. The minimum absolute atomic E-state index is 0.120. The minimum atomic E-state index is 0.120. The Balaban J connectivity index is 2.92. The molecule has 1 aromatic rings. The minimum Gasteiger partial charge on any atom is -0.496 e. The molecule has 1 rings (SSSR count). The van der Waals surface area contributed by atoms with E-state index in [-0.39, 0.29) is 6.04 Å². The number of hydrogen-bond donors (Lipinski definition) is 2. The zero-order valence-electron chi connectivity index (χ0n) is 10.1. The van der Waals surface area contributed by atoms with Crippen LogP contribution in [0.5, 0.6) is 5.75 Å². The van der Waals surface area contributed by atoms with Crippen molar-refractivity contribution in [1.82, 2.24) is 10.6 Å². The number of thiocarbonyl (C=S) groups is 1. The largest absolute Gasteiger partial charge is 0.496 e. The number of benzene rings is 1. The third kappa shape index (κ3) is 3.10. The highest BCUT2D eigenvalue weighted by Gasteiger charge is 2.11. The van der Waals surface area contributed by atoms with Crippen LogP contribution in [-0.4, -0.2) is 19.3 Å². The lowest BCUT2D eigenvalue weighted by atomic mass is 10.0. The Morgan fingerprint density at radius 1 is 1.44 bits per heavy atom. The molecule has 3 nitrogen and oxygen atoms in total. The maximum absolute atomic E-state index is 5.33.